The normalized spacial score (nSPS) is 14.8. The van der Waals surface area contributed by atoms with E-state index in [4.69, 9.17) is 0 Å². The summed E-state index contributed by atoms with van der Waals surface area (Å²) in [4.78, 5) is 17.4. The van der Waals surface area contributed by atoms with Crippen molar-refractivity contribution in [2.75, 3.05) is 36.8 Å². The van der Waals surface area contributed by atoms with Crippen LogP contribution in [0.1, 0.15) is 0 Å². The Labute approximate surface area is 140 Å². The Morgan fingerprint density at radius 1 is 0.957 bits per heavy atom. The third-order valence-electron chi connectivity index (χ3n) is 3.93. The molecule has 0 saturated carbocycles. The van der Waals surface area contributed by atoms with Crippen LogP contribution in [0.2, 0.25) is 0 Å². The lowest BCUT2D eigenvalue weighted by molar-refractivity contribution is -0.128. The van der Waals surface area contributed by atoms with Crippen molar-refractivity contribution < 1.29 is 9.18 Å². The standard InChI is InChI=1S/C18H19FN2OS/c19-15-6-8-17(9-7-15)23-14-18(22)21-12-10-20(11-13-21)16-4-2-1-3-5-16/h1-9H,10-14H2. The molecule has 1 saturated heterocycles. The molecule has 1 fully saturated rings. The van der Waals surface area contributed by atoms with Crippen LogP contribution in [0.3, 0.4) is 0 Å². The SMILES string of the molecule is O=C(CSc1ccc(F)cc1)N1CCN(c2ccccc2)CC1. The second-order valence-electron chi connectivity index (χ2n) is 5.45. The van der Waals surface area contributed by atoms with Gasteiger partial charge in [-0.3, -0.25) is 4.79 Å². The van der Waals surface area contributed by atoms with Crippen LogP contribution in [-0.4, -0.2) is 42.7 Å². The first-order valence-electron chi connectivity index (χ1n) is 7.68. The van der Waals surface area contributed by atoms with E-state index in [2.05, 4.69) is 17.0 Å². The summed E-state index contributed by atoms with van der Waals surface area (Å²) in [7, 11) is 0. The maximum absolute atomic E-state index is 12.9. The first-order chi connectivity index (χ1) is 11.2. The topological polar surface area (TPSA) is 23.6 Å². The number of anilines is 1. The molecular formula is C18H19FN2OS. The minimum atomic E-state index is -0.252. The molecule has 1 aliphatic rings. The summed E-state index contributed by atoms with van der Waals surface area (Å²) in [5, 5.41) is 0. The van der Waals surface area contributed by atoms with E-state index in [1.165, 1.54) is 29.6 Å². The van der Waals surface area contributed by atoms with Gasteiger partial charge in [-0.25, -0.2) is 4.39 Å². The number of hydrogen-bond donors (Lipinski definition) is 0. The number of para-hydroxylation sites is 1. The first kappa shape index (κ1) is 15.9. The summed E-state index contributed by atoms with van der Waals surface area (Å²) in [6.07, 6.45) is 0. The molecule has 0 spiro atoms. The molecule has 5 heteroatoms. The van der Waals surface area contributed by atoms with Crippen molar-refractivity contribution in [1.29, 1.82) is 0 Å². The van der Waals surface area contributed by atoms with Crippen molar-refractivity contribution in [2.24, 2.45) is 0 Å². The monoisotopic (exact) mass is 330 g/mol. The zero-order valence-corrected chi connectivity index (χ0v) is 13.6. The molecule has 23 heavy (non-hydrogen) atoms. The second-order valence-corrected chi connectivity index (χ2v) is 6.49. The molecule has 0 bridgehead atoms. The first-order valence-corrected chi connectivity index (χ1v) is 8.67. The maximum Gasteiger partial charge on any atom is 0.233 e. The van der Waals surface area contributed by atoms with Crippen molar-refractivity contribution in [1.82, 2.24) is 4.90 Å². The number of rotatable bonds is 4. The zero-order chi connectivity index (χ0) is 16.1. The summed E-state index contributed by atoms with van der Waals surface area (Å²) < 4.78 is 12.9. The van der Waals surface area contributed by atoms with Crippen LogP contribution in [-0.2, 0) is 4.79 Å². The van der Waals surface area contributed by atoms with Crippen LogP contribution in [0.4, 0.5) is 10.1 Å². The Morgan fingerprint density at radius 3 is 2.26 bits per heavy atom. The van der Waals surface area contributed by atoms with E-state index in [-0.39, 0.29) is 11.7 Å². The largest absolute Gasteiger partial charge is 0.368 e. The summed E-state index contributed by atoms with van der Waals surface area (Å²) >= 11 is 1.46. The van der Waals surface area contributed by atoms with Gasteiger partial charge in [-0.15, -0.1) is 11.8 Å². The molecule has 0 aromatic heterocycles. The predicted octanol–water partition coefficient (Wildman–Crippen LogP) is 3.27. The van der Waals surface area contributed by atoms with Crippen molar-refractivity contribution in [3.63, 3.8) is 0 Å². The van der Waals surface area contributed by atoms with Crippen molar-refractivity contribution in [3.05, 3.63) is 60.4 Å². The fourth-order valence-corrected chi connectivity index (χ4v) is 3.42. The van der Waals surface area contributed by atoms with Crippen LogP contribution < -0.4 is 4.90 Å². The van der Waals surface area contributed by atoms with E-state index in [0.717, 1.165) is 31.1 Å². The van der Waals surface area contributed by atoms with E-state index in [0.29, 0.717) is 5.75 Å². The van der Waals surface area contributed by atoms with Gasteiger partial charge >= 0.3 is 0 Å². The molecule has 1 amide bonds. The quantitative estimate of drug-likeness (QED) is 0.804. The number of nitrogens with zero attached hydrogens (tertiary/aromatic N) is 2. The van der Waals surface area contributed by atoms with E-state index in [1.54, 1.807) is 12.1 Å². The molecular weight excluding hydrogens is 311 g/mol. The summed E-state index contributed by atoms with van der Waals surface area (Å²) in [6.45, 7) is 3.21. The van der Waals surface area contributed by atoms with Crippen LogP contribution in [0.25, 0.3) is 0 Å². The Bertz CT molecular complexity index is 640. The van der Waals surface area contributed by atoms with Gasteiger partial charge in [0.25, 0.3) is 0 Å². The van der Waals surface area contributed by atoms with Gasteiger partial charge in [0.1, 0.15) is 5.82 Å². The molecule has 0 aliphatic carbocycles. The average molecular weight is 330 g/mol. The van der Waals surface area contributed by atoms with Gasteiger partial charge in [-0.05, 0) is 36.4 Å². The van der Waals surface area contributed by atoms with Gasteiger partial charge in [0, 0.05) is 36.8 Å². The Morgan fingerprint density at radius 2 is 1.61 bits per heavy atom. The van der Waals surface area contributed by atoms with Crippen molar-refractivity contribution in [3.8, 4) is 0 Å². The molecule has 1 aliphatic heterocycles. The molecule has 0 radical (unpaired) electrons. The molecule has 0 atom stereocenters. The highest BCUT2D eigenvalue weighted by molar-refractivity contribution is 8.00. The fourth-order valence-electron chi connectivity index (χ4n) is 2.62. The summed E-state index contributed by atoms with van der Waals surface area (Å²) in [5.74, 6) is 0.293. The fraction of sp³-hybridized carbons (Fsp3) is 0.278. The summed E-state index contributed by atoms with van der Waals surface area (Å²) in [5.41, 5.74) is 1.21. The number of carbonyl (C=O) groups is 1. The number of halogens is 1. The van der Waals surface area contributed by atoms with Gasteiger partial charge in [0.05, 0.1) is 5.75 Å². The maximum atomic E-state index is 12.9. The van der Waals surface area contributed by atoms with Gasteiger partial charge in [-0.2, -0.15) is 0 Å². The van der Waals surface area contributed by atoms with Crippen molar-refractivity contribution >= 4 is 23.4 Å². The molecule has 0 N–H and O–H groups in total. The molecule has 2 aromatic carbocycles. The average Bonchev–Trinajstić information content (AvgIpc) is 2.62. The van der Waals surface area contributed by atoms with Crippen LogP contribution in [0, 0.1) is 5.82 Å². The van der Waals surface area contributed by atoms with E-state index >= 15 is 0 Å². The number of carbonyl (C=O) groups excluding carboxylic acids is 1. The predicted molar refractivity (Wildman–Crippen MR) is 92.4 cm³/mol. The van der Waals surface area contributed by atoms with E-state index in [1.807, 2.05) is 23.1 Å². The Balaban J connectivity index is 1.47. The van der Waals surface area contributed by atoms with Gasteiger partial charge in [0.15, 0.2) is 0 Å². The minimum absolute atomic E-state index is 0.145. The number of amides is 1. The smallest absolute Gasteiger partial charge is 0.233 e. The van der Waals surface area contributed by atoms with Crippen LogP contribution in [0.15, 0.2) is 59.5 Å². The Kier molecular flexibility index (Phi) is 5.18. The molecule has 2 aromatic rings. The van der Waals surface area contributed by atoms with Gasteiger partial charge < -0.3 is 9.80 Å². The van der Waals surface area contributed by atoms with Crippen LogP contribution in [0.5, 0.6) is 0 Å². The number of hydrogen-bond acceptors (Lipinski definition) is 3. The molecule has 3 nitrogen and oxygen atoms in total. The molecule has 0 unspecified atom stereocenters. The second kappa shape index (κ2) is 7.51. The number of thioether (sulfide) groups is 1. The third-order valence-corrected chi connectivity index (χ3v) is 4.93. The zero-order valence-electron chi connectivity index (χ0n) is 12.8. The number of piperazine rings is 1. The third kappa shape index (κ3) is 4.26. The lowest BCUT2D eigenvalue weighted by Gasteiger charge is -2.36. The van der Waals surface area contributed by atoms with Crippen LogP contribution >= 0.6 is 11.8 Å². The lowest BCUT2D eigenvalue weighted by atomic mass is 10.2. The molecule has 1 heterocycles. The Hall–Kier alpha value is -2.01. The van der Waals surface area contributed by atoms with Gasteiger partial charge in [0.2, 0.25) is 5.91 Å². The number of benzene rings is 2. The van der Waals surface area contributed by atoms with E-state index in [9.17, 15) is 9.18 Å². The molecule has 120 valence electrons. The lowest BCUT2D eigenvalue weighted by Crippen LogP contribution is -2.49. The highest BCUT2D eigenvalue weighted by Crippen LogP contribution is 2.20. The summed E-state index contributed by atoms with van der Waals surface area (Å²) in [6, 6.07) is 16.5. The molecule has 3 rings (SSSR count). The minimum Gasteiger partial charge on any atom is -0.368 e. The highest BCUT2D eigenvalue weighted by Gasteiger charge is 2.21. The highest BCUT2D eigenvalue weighted by atomic mass is 32.2. The van der Waals surface area contributed by atoms with Gasteiger partial charge in [-0.1, -0.05) is 18.2 Å². The van der Waals surface area contributed by atoms with Crippen molar-refractivity contribution in [2.45, 2.75) is 4.90 Å². The van der Waals surface area contributed by atoms with E-state index < -0.39 is 0 Å².